The first-order valence-electron chi connectivity index (χ1n) is 7.95. The van der Waals surface area contributed by atoms with Gasteiger partial charge in [-0.2, -0.15) is 0 Å². The van der Waals surface area contributed by atoms with Gasteiger partial charge in [0.25, 0.3) is 0 Å². The van der Waals surface area contributed by atoms with E-state index >= 15 is 0 Å². The number of nitrogens with one attached hydrogen (secondary N) is 1. The van der Waals surface area contributed by atoms with E-state index in [-0.39, 0.29) is 17.5 Å². The minimum atomic E-state index is -0.167. The predicted octanol–water partition coefficient (Wildman–Crippen LogP) is 2.06. The van der Waals surface area contributed by atoms with Gasteiger partial charge in [-0.1, -0.05) is 0 Å². The molecule has 0 radical (unpaired) electrons. The number of hydrogen-bond donors (Lipinski definition) is 1. The molecule has 0 amide bonds. The van der Waals surface area contributed by atoms with Crippen LogP contribution in [0.1, 0.15) is 19.4 Å². The molecule has 0 aliphatic carbocycles. The van der Waals surface area contributed by atoms with E-state index in [0.29, 0.717) is 0 Å². The second-order valence-corrected chi connectivity index (χ2v) is 7.28. The van der Waals surface area contributed by atoms with E-state index in [1.54, 1.807) is 12.1 Å². The van der Waals surface area contributed by atoms with Gasteiger partial charge in [0, 0.05) is 37.2 Å². The summed E-state index contributed by atoms with van der Waals surface area (Å²) in [6, 6.07) is 4.86. The van der Waals surface area contributed by atoms with E-state index in [0.717, 1.165) is 55.7 Å². The molecule has 3 aliphatic heterocycles. The van der Waals surface area contributed by atoms with Crippen molar-refractivity contribution >= 4 is 0 Å². The Hall–Kier alpha value is -1.13. The van der Waals surface area contributed by atoms with Gasteiger partial charge in [-0.3, -0.25) is 4.90 Å². The van der Waals surface area contributed by atoms with Gasteiger partial charge in [0.2, 0.25) is 0 Å². The van der Waals surface area contributed by atoms with Crippen LogP contribution in [0.4, 0.5) is 4.39 Å². The fourth-order valence-electron chi connectivity index (χ4n) is 4.45. The Morgan fingerprint density at radius 2 is 2.24 bits per heavy atom. The van der Waals surface area contributed by atoms with Crippen LogP contribution in [0.15, 0.2) is 18.2 Å². The lowest BCUT2D eigenvalue weighted by Crippen LogP contribution is -2.48. The van der Waals surface area contributed by atoms with Gasteiger partial charge in [0.05, 0.1) is 0 Å². The lowest BCUT2D eigenvalue weighted by molar-refractivity contribution is 0.0859. The van der Waals surface area contributed by atoms with Crippen LogP contribution in [-0.4, -0.2) is 42.7 Å². The summed E-state index contributed by atoms with van der Waals surface area (Å²) in [4.78, 5) is 2.58. The van der Waals surface area contributed by atoms with Crippen LogP contribution in [0.5, 0.6) is 5.75 Å². The summed E-state index contributed by atoms with van der Waals surface area (Å²) in [5, 5.41) is 3.51. The molecule has 2 fully saturated rings. The molecule has 1 aromatic carbocycles. The van der Waals surface area contributed by atoms with Crippen molar-refractivity contribution in [3.8, 4) is 5.75 Å². The fourth-order valence-corrected chi connectivity index (χ4v) is 4.45. The zero-order valence-electron chi connectivity index (χ0n) is 12.7. The highest BCUT2D eigenvalue weighted by Gasteiger charge is 2.50. The summed E-state index contributed by atoms with van der Waals surface area (Å²) >= 11 is 0. The van der Waals surface area contributed by atoms with Crippen molar-refractivity contribution in [2.75, 3.05) is 26.2 Å². The quantitative estimate of drug-likeness (QED) is 0.902. The molecule has 1 aromatic rings. The Morgan fingerprint density at radius 3 is 3.05 bits per heavy atom. The van der Waals surface area contributed by atoms with Gasteiger partial charge in [-0.15, -0.1) is 0 Å². The van der Waals surface area contributed by atoms with Crippen LogP contribution in [0.25, 0.3) is 0 Å². The van der Waals surface area contributed by atoms with Gasteiger partial charge in [0.15, 0.2) is 0 Å². The summed E-state index contributed by atoms with van der Waals surface area (Å²) in [6.07, 6.45) is 0.987. The summed E-state index contributed by atoms with van der Waals surface area (Å²) < 4.78 is 19.3. The number of fused-ring (bicyclic) bond motifs is 2. The molecular formula is C17H23FN2O. The van der Waals surface area contributed by atoms with E-state index in [1.165, 1.54) is 6.07 Å². The average molecular weight is 290 g/mol. The largest absolute Gasteiger partial charge is 0.488 e. The molecule has 114 valence electrons. The lowest BCUT2D eigenvalue weighted by Gasteiger charge is -2.36. The number of benzene rings is 1. The zero-order valence-corrected chi connectivity index (χ0v) is 12.7. The summed E-state index contributed by atoms with van der Waals surface area (Å²) in [5.74, 6) is 2.19. The van der Waals surface area contributed by atoms with E-state index in [4.69, 9.17) is 4.74 Å². The topological polar surface area (TPSA) is 24.5 Å². The van der Waals surface area contributed by atoms with Crippen molar-refractivity contribution in [2.45, 2.75) is 31.9 Å². The normalized spacial score (nSPS) is 33.8. The molecule has 0 saturated carbocycles. The summed E-state index contributed by atoms with van der Waals surface area (Å²) in [7, 11) is 0. The highest BCUT2D eigenvalue weighted by Crippen LogP contribution is 2.41. The van der Waals surface area contributed by atoms with Crippen LogP contribution in [0.3, 0.4) is 0 Å². The molecule has 2 saturated heterocycles. The fraction of sp³-hybridized carbons (Fsp3) is 0.647. The maximum absolute atomic E-state index is 13.3. The van der Waals surface area contributed by atoms with E-state index in [9.17, 15) is 4.39 Å². The summed E-state index contributed by atoms with van der Waals surface area (Å²) in [6.45, 7) is 9.07. The van der Waals surface area contributed by atoms with Crippen LogP contribution < -0.4 is 10.1 Å². The van der Waals surface area contributed by atoms with Crippen molar-refractivity contribution in [2.24, 2.45) is 11.8 Å². The second-order valence-electron chi connectivity index (χ2n) is 7.28. The Labute approximate surface area is 125 Å². The van der Waals surface area contributed by atoms with Gasteiger partial charge >= 0.3 is 0 Å². The highest BCUT2D eigenvalue weighted by atomic mass is 19.1. The molecule has 3 aliphatic rings. The molecule has 4 heteroatoms. The number of nitrogens with zero attached hydrogens (tertiary/aromatic N) is 1. The second kappa shape index (κ2) is 4.68. The van der Waals surface area contributed by atoms with Crippen LogP contribution in [0.2, 0.25) is 0 Å². The van der Waals surface area contributed by atoms with Crippen molar-refractivity contribution in [3.05, 3.63) is 29.6 Å². The number of ether oxygens (including phenoxy) is 1. The third-order valence-electron chi connectivity index (χ3n) is 5.70. The third-order valence-corrected chi connectivity index (χ3v) is 5.70. The Balaban J connectivity index is 1.46. The van der Waals surface area contributed by atoms with Crippen LogP contribution in [0, 0.1) is 17.7 Å². The smallest absolute Gasteiger partial charge is 0.123 e. The molecule has 0 aromatic heterocycles. The molecule has 3 nitrogen and oxygen atoms in total. The molecular weight excluding hydrogens is 267 g/mol. The van der Waals surface area contributed by atoms with E-state index in [2.05, 4.69) is 24.1 Å². The number of halogens is 1. The van der Waals surface area contributed by atoms with E-state index in [1.807, 2.05) is 0 Å². The number of hydrogen-bond acceptors (Lipinski definition) is 3. The molecule has 3 unspecified atom stereocenters. The molecule has 0 bridgehead atoms. The molecule has 3 atom stereocenters. The SMILES string of the molecule is CC1(C)C2CNCC2CN1CC1Cc2cc(F)ccc2O1. The number of rotatable bonds is 2. The first-order chi connectivity index (χ1) is 10.0. The standard InChI is InChI=1S/C17H23FN2O/c1-17(2)15-8-19-7-12(15)9-20(17)10-14-6-11-5-13(18)3-4-16(11)21-14/h3-5,12,14-15,19H,6-10H2,1-2H3. The summed E-state index contributed by atoms with van der Waals surface area (Å²) in [5.41, 5.74) is 1.23. The maximum atomic E-state index is 13.3. The Bertz CT molecular complexity index is 560. The van der Waals surface area contributed by atoms with Gasteiger partial charge in [-0.05, 0) is 50.4 Å². The van der Waals surface area contributed by atoms with Crippen molar-refractivity contribution in [3.63, 3.8) is 0 Å². The number of likely N-dealkylation sites (tertiary alicyclic amines) is 1. The first kappa shape index (κ1) is 13.5. The van der Waals surface area contributed by atoms with Crippen molar-refractivity contribution in [1.29, 1.82) is 0 Å². The van der Waals surface area contributed by atoms with Gasteiger partial charge in [-0.25, -0.2) is 4.39 Å². The Morgan fingerprint density at radius 1 is 1.38 bits per heavy atom. The highest BCUT2D eigenvalue weighted by molar-refractivity contribution is 5.38. The lowest BCUT2D eigenvalue weighted by atomic mass is 9.85. The minimum absolute atomic E-state index is 0.160. The first-order valence-corrected chi connectivity index (χ1v) is 7.95. The predicted molar refractivity (Wildman–Crippen MR) is 80.0 cm³/mol. The van der Waals surface area contributed by atoms with E-state index < -0.39 is 0 Å². The van der Waals surface area contributed by atoms with Gasteiger partial charge in [0.1, 0.15) is 17.7 Å². The molecule has 4 rings (SSSR count). The van der Waals surface area contributed by atoms with Crippen LogP contribution >= 0.6 is 0 Å². The minimum Gasteiger partial charge on any atom is -0.488 e. The molecule has 3 heterocycles. The monoisotopic (exact) mass is 290 g/mol. The molecule has 0 spiro atoms. The average Bonchev–Trinajstić information content (AvgIpc) is 3.07. The maximum Gasteiger partial charge on any atom is 0.123 e. The van der Waals surface area contributed by atoms with Crippen molar-refractivity contribution in [1.82, 2.24) is 10.2 Å². The molecule has 21 heavy (non-hydrogen) atoms. The van der Waals surface area contributed by atoms with Gasteiger partial charge < -0.3 is 10.1 Å². The van der Waals surface area contributed by atoms with Crippen molar-refractivity contribution < 1.29 is 9.13 Å². The molecule has 1 N–H and O–H groups in total. The Kier molecular flexibility index (Phi) is 3.02. The third kappa shape index (κ3) is 2.16. The zero-order chi connectivity index (χ0) is 14.6. The van der Waals surface area contributed by atoms with Crippen LogP contribution in [-0.2, 0) is 6.42 Å².